The Hall–Kier alpha value is -1.47. The van der Waals surface area contributed by atoms with Gasteiger partial charge in [-0.2, -0.15) is 0 Å². The summed E-state index contributed by atoms with van der Waals surface area (Å²) in [7, 11) is 0. The first-order valence-corrected chi connectivity index (χ1v) is 8.04. The lowest BCUT2D eigenvalue weighted by Gasteiger charge is -2.19. The minimum Gasteiger partial charge on any atom is -0.480 e. The van der Waals surface area contributed by atoms with Gasteiger partial charge in [-0.15, -0.1) is 11.3 Å². The van der Waals surface area contributed by atoms with Gasteiger partial charge in [0, 0.05) is 31.9 Å². The summed E-state index contributed by atoms with van der Waals surface area (Å²) < 4.78 is 0. The normalized spacial score (nSPS) is 14.4. The van der Waals surface area contributed by atoms with E-state index in [0.717, 1.165) is 12.2 Å². The molecule has 0 aliphatic heterocycles. The Labute approximate surface area is 128 Å². The summed E-state index contributed by atoms with van der Waals surface area (Å²) in [5, 5.41) is 11.6. The maximum Gasteiger partial charge on any atom is 0.317 e. The first-order chi connectivity index (χ1) is 9.99. The van der Waals surface area contributed by atoms with Gasteiger partial charge in [0.25, 0.3) is 0 Å². The molecule has 1 aromatic rings. The highest BCUT2D eigenvalue weighted by atomic mass is 32.1. The average Bonchev–Trinajstić information content (AvgIpc) is 3.08. The Morgan fingerprint density at radius 3 is 2.71 bits per heavy atom. The lowest BCUT2D eigenvalue weighted by Crippen LogP contribution is -2.31. The van der Waals surface area contributed by atoms with Gasteiger partial charge in [0.1, 0.15) is 0 Å². The molecule has 1 fully saturated rings. The minimum absolute atomic E-state index is 0.0289. The zero-order valence-corrected chi connectivity index (χ0v) is 13.2. The number of nitrogens with zero attached hydrogens (tertiary/aromatic N) is 3. The summed E-state index contributed by atoms with van der Waals surface area (Å²) in [4.78, 5) is 30.5. The van der Waals surface area contributed by atoms with Gasteiger partial charge in [0.15, 0.2) is 5.13 Å². The van der Waals surface area contributed by atoms with Crippen LogP contribution in [-0.2, 0) is 16.1 Å². The first-order valence-electron chi connectivity index (χ1n) is 7.16. The molecular weight excluding hydrogens is 290 g/mol. The summed E-state index contributed by atoms with van der Waals surface area (Å²) >= 11 is 1.43. The summed E-state index contributed by atoms with van der Waals surface area (Å²) in [6.45, 7) is 5.38. The number of carbonyl (C=O) groups excluding carboxylic acids is 1. The van der Waals surface area contributed by atoms with Gasteiger partial charge in [0.2, 0.25) is 5.91 Å². The predicted octanol–water partition coefficient (Wildman–Crippen LogP) is 1.81. The van der Waals surface area contributed by atoms with Gasteiger partial charge in [-0.25, -0.2) is 4.98 Å². The second kappa shape index (κ2) is 7.00. The minimum atomic E-state index is -0.815. The van der Waals surface area contributed by atoms with Gasteiger partial charge in [-0.05, 0) is 25.7 Å². The van der Waals surface area contributed by atoms with Crippen LogP contribution in [0.4, 0.5) is 5.13 Å². The second-order valence-corrected chi connectivity index (χ2v) is 6.23. The molecule has 1 aliphatic carbocycles. The molecule has 0 spiro atoms. The summed E-state index contributed by atoms with van der Waals surface area (Å²) in [5.74, 6) is -0.212. The predicted molar refractivity (Wildman–Crippen MR) is 81.5 cm³/mol. The highest BCUT2D eigenvalue weighted by Crippen LogP contribution is 2.30. The highest BCUT2D eigenvalue weighted by molar-refractivity contribution is 7.14. The zero-order valence-electron chi connectivity index (χ0n) is 12.4. The molecule has 1 aliphatic rings. The third-order valence-electron chi connectivity index (χ3n) is 3.42. The standard InChI is InChI=1S/C14H21N3O3S/c1-3-17(10(2)18)14-15-12(9-21-14)7-16(8-13(19)20)6-11-4-5-11/h9,11H,3-8H2,1-2H3,(H,19,20). The lowest BCUT2D eigenvalue weighted by atomic mass is 10.3. The van der Waals surface area contributed by atoms with Crippen LogP contribution in [0.25, 0.3) is 0 Å². The van der Waals surface area contributed by atoms with Crippen molar-refractivity contribution in [1.29, 1.82) is 0 Å². The number of carboxylic acids is 1. The summed E-state index contributed by atoms with van der Waals surface area (Å²) in [6.07, 6.45) is 2.37. The van der Waals surface area contributed by atoms with E-state index >= 15 is 0 Å². The number of carbonyl (C=O) groups is 2. The molecule has 1 heterocycles. The number of thiazole rings is 1. The topological polar surface area (TPSA) is 73.7 Å². The van der Waals surface area contributed by atoms with Crippen molar-refractivity contribution in [2.45, 2.75) is 33.2 Å². The molecular formula is C14H21N3O3S. The van der Waals surface area contributed by atoms with E-state index in [9.17, 15) is 9.59 Å². The molecule has 1 aromatic heterocycles. The van der Waals surface area contributed by atoms with Crippen LogP contribution in [0, 0.1) is 5.92 Å². The molecule has 7 heteroatoms. The number of amides is 1. The number of hydrogen-bond donors (Lipinski definition) is 1. The molecule has 116 valence electrons. The molecule has 0 atom stereocenters. The van der Waals surface area contributed by atoms with Crippen LogP contribution in [0.15, 0.2) is 5.38 Å². The van der Waals surface area contributed by atoms with Gasteiger partial charge in [0.05, 0.1) is 12.2 Å². The molecule has 2 rings (SSSR count). The summed E-state index contributed by atoms with van der Waals surface area (Å²) in [6, 6.07) is 0. The van der Waals surface area contributed by atoms with Crippen molar-refractivity contribution in [1.82, 2.24) is 9.88 Å². The van der Waals surface area contributed by atoms with Gasteiger partial charge >= 0.3 is 5.97 Å². The Balaban J connectivity index is 2.01. The molecule has 0 unspecified atom stereocenters. The van der Waals surface area contributed by atoms with Crippen molar-refractivity contribution in [3.05, 3.63) is 11.1 Å². The molecule has 1 N–H and O–H groups in total. The van der Waals surface area contributed by atoms with Crippen LogP contribution in [-0.4, -0.2) is 46.5 Å². The largest absolute Gasteiger partial charge is 0.480 e. The van der Waals surface area contributed by atoms with E-state index in [4.69, 9.17) is 5.11 Å². The monoisotopic (exact) mass is 311 g/mol. The number of aromatic nitrogens is 1. The molecule has 6 nitrogen and oxygen atoms in total. The zero-order chi connectivity index (χ0) is 15.4. The Morgan fingerprint density at radius 2 is 2.19 bits per heavy atom. The smallest absolute Gasteiger partial charge is 0.317 e. The van der Waals surface area contributed by atoms with E-state index in [2.05, 4.69) is 4.98 Å². The average molecular weight is 311 g/mol. The maximum atomic E-state index is 11.5. The van der Waals surface area contributed by atoms with Gasteiger partial charge < -0.3 is 5.11 Å². The maximum absolute atomic E-state index is 11.5. The third kappa shape index (κ3) is 4.78. The van der Waals surface area contributed by atoms with E-state index in [1.54, 1.807) is 4.90 Å². The van der Waals surface area contributed by atoms with Crippen LogP contribution >= 0.6 is 11.3 Å². The van der Waals surface area contributed by atoms with Crippen molar-refractivity contribution in [3.8, 4) is 0 Å². The van der Waals surface area contributed by atoms with Crippen molar-refractivity contribution >= 4 is 28.3 Å². The van der Waals surface area contributed by atoms with Crippen molar-refractivity contribution < 1.29 is 14.7 Å². The SMILES string of the molecule is CCN(C(C)=O)c1nc(CN(CC(=O)O)CC2CC2)cs1. The molecule has 0 saturated heterocycles. The van der Waals surface area contributed by atoms with Crippen LogP contribution in [0.1, 0.15) is 32.4 Å². The second-order valence-electron chi connectivity index (χ2n) is 5.39. The molecule has 1 saturated carbocycles. The fraction of sp³-hybridized carbons (Fsp3) is 0.643. The van der Waals surface area contributed by atoms with Crippen molar-refractivity contribution in [2.75, 3.05) is 24.5 Å². The Kier molecular flexibility index (Phi) is 5.30. The van der Waals surface area contributed by atoms with Gasteiger partial charge in [-0.3, -0.25) is 19.4 Å². The number of aliphatic carboxylic acids is 1. The number of anilines is 1. The van der Waals surface area contributed by atoms with E-state index in [1.807, 2.05) is 17.2 Å². The fourth-order valence-electron chi connectivity index (χ4n) is 2.26. The quantitative estimate of drug-likeness (QED) is 0.792. The fourth-order valence-corrected chi connectivity index (χ4v) is 3.18. The number of carboxylic acid groups (broad SMARTS) is 1. The van der Waals surface area contributed by atoms with E-state index in [1.165, 1.54) is 31.1 Å². The van der Waals surface area contributed by atoms with Crippen LogP contribution in [0.5, 0.6) is 0 Å². The Morgan fingerprint density at radius 1 is 1.48 bits per heavy atom. The summed E-state index contributed by atoms with van der Waals surface area (Å²) in [5.41, 5.74) is 0.830. The number of rotatable bonds is 8. The molecule has 1 amide bonds. The highest BCUT2D eigenvalue weighted by Gasteiger charge is 2.26. The molecule has 0 aromatic carbocycles. The van der Waals surface area contributed by atoms with E-state index < -0.39 is 5.97 Å². The molecule has 21 heavy (non-hydrogen) atoms. The Bertz CT molecular complexity index is 513. The van der Waals surface area contributed by atoms with Crippen LogP contribution < -0.4 is 4.90 Å². The van der Waals surface area contributed by atoms with Crippen LogP contribution in [0.2, 0.25) is 0 Å². The number of hydrogen-bond acceptors (Lipinski definition) is 5. The van der Waals surface area contributed by atoms with Crippen molar-refractivity contribution in [2.24, 2.45) is 5.92 Å². The van der Waals surface area contributed by atoms with Crippen molar-refractivity contribution in [3.63, 3.8) is 0 Å². The lowest BCUT2D eigenvalue weighted by molar-refractivity contribution is -0.138. The van der Waals surface area contributed by atoms with Crippen LogP contribution in [0.3, 0.4) is 0 Å². The van der Waals surface area contributed by atoms with Gasteiger partial charge in [-0.1, -0.05) is 0 Å². The van der Waals surface area contributed by atoms with E-state index in [-0.39, 0.29) is 12.5 Å². The molecule has 0 bridgehead atoms. The van der Waals surface area contributed by atoms with E-state index in [0.29, 0.717) is 24.1 Å². The first kappa shape index (κ1) is 15.9. The molecule has 0 radical (unpaired) electrons. The third-order valence-corrected chi connectivity index (χ3v) is 4.34.